The van der Waals surface area contributed by atoms with Gasteiger partial charge < -0.3 is 18.7 Å². The number of hydrogen-bond acceptors (Lipinski definition) is 8. The third-order valence-electron chi connectivity index (χ3n) is 3.61. The molecule has 0 bridgehead atoms. The van der Waals surface area contributed by atoms with Crippen molar-refractivity contribution < 1.29 is 23.5 Å². The lowest BCUT2D eigenvalue weighted by atomic mass is 10.2. The largest absolute Gasteiger partial charge is 0.489 e. The number of halogens is 1. The summed E-state index contributed by atoms with van der Waals surface area (Å²) >= 11 is 7.72. The van der Waals surface area contributed by atoms with Gasteiger partial charge in [-0.3, -0.25) is 0 Å². The van der Waals surface area contributed by atoms with E-state index in [9.17, 15) is 4.79 Å². The Labute approximate surface area is 157 Å². The smallest absolute Gasteiger partial charge is 0.338 e. The second kappa shape index (κ2) is 7.35. The SMILES string of the molecule is O=C(OCc1nc(-c2ccsc2)no1)c1cc(Cl)c2c(c1)OCCCO2. The molecule has 0 saturated carbocycles. The standard InChI is InChI=1S/C17H13ClN2O5S/c18-12-6-11(7-13-15(12)23-4-1-3-22-13)17(21)24-8-14-19-16(20-25-14)10-2-5-26-9-10/h2,5-7,9H,1,3-4,8H2. The van der Waals surface area contributed by atoms with Crippen LogP contribution in [0.2, 0.25) is 5.02 Å². The van der Waals surface area contributed by atoms with Gasteiger partial charge in [-0.25, -0.2) is 4.79 Å². The number of rotatable bonds is 4. The highest BCUT2D eigenvalue weighted by atomic mass is 35.5. The molecule has 0 unspecified atom stereocenters. The van der Waals surface area contributed by atoms with Crippen LogP contribution in [0.25, 0.3) is 11.4 Å². The number of fused-ring (bicyclic) bond motifs is 1. The second-order valence-corrected chi connectivity index (χ2v) is 6.62. The van der Waals surface area contributed by atoms with Gasteiger partial charge in [-0.1, -0.05) is 16.8 Å². The van der Waals surface area contributed by atoms with Gasteiger partial charge in [0.2, 0.25) is 5.82 Å². The molecule has 0 fully saturated rings. The minimum atomic E-state index is -0.571. The lowest BCUT2D eigenvalue weighted by Gasteiger charge is -2.11. The summed E-state index contributed by atoms with van der Waals surface area (Å²) in [5, 5.41) is 7.98. The minimum Gasteiger partial charge on any atom is -0.489 e. The summed E-state index contributed by atoms with van der Waals surface area (Å²) in [6.45, 7) is 0.872. The summed E-state index contributed by atoms with van der Waals surface area (Å²) in [6.07, 6.45) is 0.744. The number of thiophene rings is 1. The topological polar surface area (TPSA) is 83.7 Å². The van der Waals surface area contributed by atoms with Crippen LogP contribution in [0.1, 0.15) is 22.7 Å². The van der Waals surface area contributed by atoms with E-state index < -0.39 is 5.97 Å². The fraction of sp³-hybridized carbons (Fsp3) is 0.235. The quantitative estimate of drug-likeness (QED) is 0.621. The molecule has 7 nitrogen and oxygen atoms in total. The third kappa shape index (κ3) is 3.51. The summed E-state index contributed by atoms with van der Waals surface area (Å²) in [5.41, 5.74) is 1.11. The van der Waals surface area contributed by atoms with Crippen LogP contribution < -0.4 is 9.47 Å². The molecule has 0 spiro atoms. The molecule has 1 aliphatic heterocycles. The first-order valence-corrected chi connectivity index (χ1v) is 9.14. The van der Waals surface area contributed by atoms with Crippen LogP contribution in [-0.4, -0.2) is 29.3 Å². The van der Waals surface area contributed by atoms with Gasteiger partial charge in [0, 0.05) is 17.4 Å². The monoisotopic (exact) mass is 392 g/mol. The van der Waals surface area contributed by atoms with Crippen molar-refractivity contribution in [2.75, 3.05) is 13.2 Å². The van der Waals surface area contributed by atoms with E-state index in [1.54, 1.807) is 6.07 Å². The zero-order valence-electron chi connectivity index (χ0n) is 13.4. The van der Waals surface area contributed by atoms with Crippen molar-refractivity contribution in [1.82, 2.24) is 10.1 Å². The van der Waals surface area contributed by atoms with Crippen molar-refractivity contribution in [3.63, 3.8) is 0 Å². The van der Waals surface area contributed by atoms with E-state index in [-0.39, 0.29) is 18.1 Å². The molecule has 9 heteroatoms. The maximum absolute atomic E-state index is 12.3. The number of aromatic nitrogens is 2. The number of carbonyl (C=O) groups excluding carboxylic acids is 1. The van der Waals surface area contributed by atoms with Crippen molar-refractivity contribution >= 4 is 28.9 Å². The number of carbonyl (C=O) groups is 1. The summed E-state index contributed by atoms with van der Waals surface area (Å²) in [5.74, 6) is 0.964. The Bertz CT molecular complexity index is 925. The van der Waals surface area contributed by atoms with E-state index in [4.69, 9.17) is 30.3 Å². The molecule has 0 atom stereocenters. The second-order valence-electron chi connectivity index (χ2n) is 5.44. The predicted molar refractivity (Wildman–Crippen MR) is 93.8 cm³/mol. The molecule has 0 amide bonds. The van der Waals surface area contributed by atoms with Crippen LogP contribution >= 0.6 is 22.9 Å². The molecular formula is C17H13ClN2O5S. The Morgan fingerprint density at radius 1 is 1.31 bits per heavy atom. The van der Waals surface area contributed by atoms with Gasteiger partial charge in [0.05, 0.1) is 23.8 Å². The zero-order chi connectivity index (χ0) is 17.9. The average molecular weight is 393 g/mol. The number of nitrogens with zero attached hydrogens (tertiary/aromatic N) is 2. The molecule has 0 aliphatic carbocycles. The highest BCUT2D eigenvalue weighted by Crippen LogP contribution is 2.38. The first-order valence-electron chi connectivity index (χ1n) is 7.82. The van der Waals surface area contributed by atoms with Crippen molar-refractivity contribution in [3.05, 3.63) is 45.4 Å². The van der Waals surface area contributed by atoms with Gasteiger partial charge >= 0.3 is 5.97 Å². The summed E-state index contributed by atoms with van der Waals surface area (Å²) in [4.78, 5) is 16.5. The van der Waals surface area contributed by atoms with Crippen LogP contribution in [0.15, 0.2) is 33.5 Å². The highest BCUT2D eigenvalue weighted by molar-refractivity contribution is 7.08. The van der Waals surface area contributed by atoms with Crippen LogP contribution in [0.4, 0.5) is 0 Å². The molecule has 0 radical (unpaired) electrons. The van der Waals surface area contributed by atoms with Crippen molar-refractivity contribution in [2.45, 2.75) is 13.0 Å². The lowest BCUT2D eigenvalue weighted by Crippen LogP contribution is -2.06. The van der Waals surface area contributed by atoms with E-state index in [2.05, 4.69) is 10.1 Å². The first-order chi connectivity index (χ1) is 12.7. The van der Waals surface area contributed by atoms with E-state index >= 15 is 0 Å². The number of esters is 1. The van der Waals surface area contributed by atoms with Crippen LogP contribution in [-0.2, 0) is 11.3 Å². The van der Waals surface area contributed by atoms with E-state index in [0.717, 1.165) is 12.0 Å². The normalized spacial score (nSPS) is 13.3. The molecule has 1 aromatic carbocycles. The van der Waals surface area contributed by atoms with Crippen molar-refractivity contribution in [1.29, 1.82) is 0 Å². The number of benzene rings is 1. The molecular weight excluding hydrogens is 380 g/mol. The van der Waals surface area contributed by atoms with Gasteiger partial charge in [-0.15, -0.1) is 0 Å². The minimum absolute atomic E-state index is 0.137. The van der Waals surface area contributed by atoms with E-state index in [1.807, 2.05) is 16.8 Å². The third-order valence-corrected chi connectivity index (χ3v) is 4.58. The number of hydrogen-bond donors (Lipinski definition) is 0. The van der Waals surface area contributed by atoms with Crippen molar-refractivity contribution in [2.24, 2.45) is 0 Å². The zero-order valence-corrected chi connectivity index (χ0v) is 15.0. The molecule has 2 aromatic heterocycles. The molecule has 0 saturated heterocycles. The molecule has 3 aromatic rings. The number of ether oxygens (including phenoxy) is 3. The van der Waals surface area contributed by atoms with Gasteiger partial charge in [0.15, 0.2) is 18.1 Å². The molecule has 26 heavy (non-hydrogen) atoms. The Hall–Kier alpha value is -2.58. The van der Waals surface area contributed by atoms with Crippen molar-refractivity contribution in [3.8, 4) is 22.9 Å². The Balaban J connectivity index is 1.45. The Kier molecular flexibility index (Phi) is 4.77. The molecule has 1 aliphatic rings. The maximum Gasteiger partial charge on any atom is 0.338 e. The summed E-state index contributed by atoms with van der Waals surface area (Å²) in [7, 11) is 0. The van der Waals surface area contributed by atoms with Crippen LogP contribution in [0.5, 0.6) is 11.5 Å². The maximum atomic E-state index is 12.3. The predicted octanol–water partition coefficient (Wildman–Crippen LogP) is 3.97. The lowest BCUT2D eigenvalue weighted by molar-refractivity contribution is 0.0429. The highest BCUT2D eigenvalue weighted by Gasteiger charge is 2.20. The molecule has 3 heterocycles. The van der Waals surface area contributed by atoms with Crippen LogP contribution in [0.3, 0.4) is 0 Å². The molecule has 4 rings (SSSR count). The summed E-state index contributed by atoms with van der Waals surface area (Å²) in [6, 6.07) is 4.92. The molecule has 0 N–H and O–H groups in total. The summed E-state index contributed by atoms with van der Waals surface area (Å²) < 4.78 is 21.4. The van der Waals surface area contributed by atoms with E-state index in [0.29, 0.717) is 35.6 Å². The molecule has 134 valence electrons. The fourth-order valence-corrected chi connectivity index (χ4v) is 3.28. The first kappa shape index (κ1) is 16.9. The van der Waals surface area contributed by atoms with E-state index in [1.165, 1.54) is 17.4 Å². The average Bonchev–Trinajstić information content (AvgIpc) is 3.27. The fourth-order valence-electron chi connectivity index (χ4n) is 2.38. The Morgan fingerprint density at radius 2 is 2.19 bits per heavy atom. The van der Waals surface area contributed by atoms with Gasteiger partial charge in [0.1, 0.15) is 0 Å². The van der Waals surface area contributed by atoms with Crippen LogP contribution in [0, 0.1) is 0 Å². The van der Waals surface area contributed by atoms with Gasteiger partial charge in [-0.05, 0) is 23.6 Å². The van der Waals surface area contributed by atoms with Gasteiger partial charge in [-0.2, -0.15) is 16.3 Å². The van der Waals surface area contributed by atoms with Gasteiger partial charge in [0.25, 0.3) is 5.89 Å². The Morgan fingerprint density at radius 3 is 3.04 bits per heavy atom.